The summed E-state index contributed by atoms with van der Waals surface area (Å²) in [5, 5.41) is 6.45. The zero-order valence-corrected chi connectivity index (χ0v) is 10.2. The number of carbonyl (C=O) groups excluding carboxylic acids is 1. The highest BCUT2D eigenvalue weighted by Crippen LogP contribution is 2.19. The molecule has 19 heavy (non-hydrogen) atoms. The minimum atomic E-state index is -0.307. The Bertz CT molecular complexity index is 586. The van der Waals surface area contributed by atoms with Crippen molar-refractivity contribution in [2.75, 3.05) is 6.54 Å². The number of hydrogen-bond acceptors (Lipinski definition) is 6. The zero-order chi connectivity index (χ0) is 13.2. The van der Waals surface area contributed by atoms with Crippen LogP contribution < -0.4 is 11.1 Å². The fourth-order valence-corrected chi connectivity index (χ4v) is 1.64. The normalized spacial score (nSPS) is 14.6. The van der Waals surface area contributed by atoms with Gasteiger partial charge in [0, 0.05) is 25.3 Å². The number of aromatic nitrogens is 4. The van der Waals surface area contributed by atoms with Gasteiger partial charge in [0.2, 0.25) is 0 Å². The second-order valence-electron chi connectivity index (χ2n) is 4.46. The van der Waals surface area contributed by atoms with E-state index in [9.17, 15) is 4.79 Å². The topological polar surface area (TPSA) is 112 Å². The van der Waals surface area contributed by atoms with Crippen LogP contribution in [0.2, 0.25) is 0 Å². The van der Waals surface area contributed by atoms with Gasteiger partial charge in [-0.2, -0.15) is 4.98 Å². The van der Waals surface area contributed by atoms with Gasteiger partial charge in [-0.3, -0.25) is 4.79 Å². The highest BCUT2D eigenvalue weighted by molar-refractivity contribution is 5.91. The minimum absolute atomic E-state index is 0.0373. The van der Waals surface area contributed by atoms with E-state index >= 15 is 0 Å². The van der Waals surface area contributed by atoms with Gasteiger partial charge < -0.3 is 20.1 Å². The fraction of sp³-hybridized carbons (Fsp3) is 0.455. The van der Waals surface area contributed by atoms with Gasteiger partial charge in [0.05, 0.1) is 6.33 Å². The lowest BCUT2D eigenvalue weighted by atomic mass is 10.4. The van der Waals surface area contributed by atoms with E-state index in [0.29, 0.717) is 18.8 Å². The lowest BCUT2D eigenvalue weighted by Crippen LogP contribution is -2.26. The summed E-state index contributed by atoms with van der Waals surface area (Å²) in [6.45, 7) is 1.19. The summed E-state index contributed by atoms with van der Waals surface area (Å²) in [6.07, 6.45) is 5.42. The molecule has 1 aliphatic rings. The van der Waals surface area contributed by atoms with Gasteiger partial charge >= 0.3 is 0 Å². The van der Waals surface area contributed by atoms with Crippen molar-refractivity contribution in [3.8, 4) is 11.6 Å². The molecule has 3 rings (SSSR count). The Balaban J connectivity index is 1.73. The van der Waals surface area contributed by atoms with Crippen LogP contribution in [0, 0.1) is 0 Å². The van der Waals surface area contributed by atoms with Crippen LogP contribution in [0.15, 0.2) is 17.0 Å². The summed E-state index contributed by atoms with van der Waals surface area (Å²) >= 11 is 0. The number of imidazole rings is 1. The molecule has 0 unspecified atom stereocenters. The molecule has 0 saturated heterocycles. The van der Waals surface area contributed by atoms with Crippen molar-refractivity contribution in [3.05, 3.63) is 18.3 Å². The Morgan fingerprint density at radius 2 is 2.42 bits per heavy atom. The third kappa shape index (κ3) is 2.63. The van der Waals surface area contributed by atoms with E-state index in [1.165, 1.54) is 0 Å². The number of nitrogens with zero attached hydrogens (tertiary/aromatic N) is 4. The van der Waals surface area contributed by atoms with Gasteiger partial charge in [0.15, 0.2) is 0 Å². The number of amides is 1. The van der Waals surface area contributed by atoms with Gasteiger partial charge in [-0.25, -0.2) is 4.98 Å². The first-order valence-electron chi connectivity index (χ1n) is 6.13. The van der Waals surface area contributed by atoms with Crippen LogP contribution in [0.5, 0.6) is 0 Å². The number of rotatable bonds is 5. The largest absolute Gasteiger partial charge is 0.346 e. The molecule has 2 heterocycles. The average Bonchev–Trinajstić information content (AvgIpc) is 2.93. The SMILES string of the molecule is NCCn1cnc(-c2nc(C(=O)NC3CC3)no2)c1. The number of hydrogen-bond donors (Lipinski definition) is 2. The summed E-state index contributed by atoms with van der Waals surface area (Å²) in [7, 11) is 0. The van der Waals surface area contributed by atoms with Gasteiger partial charge in [0.1, 0.15) is 5.69 Å². The maximum atomic E-state index is 11.7. The van der Waals surface area contributed by atoms with Crippen molar-refractivity contribution in [1.82, 2.24) is 25.0 Å². The van der Waals surface area contributed by atoms with E-state index in [-0.39, 0.29) is 23.7 Å². The average molecular weight is 262 g/mol. The van der Waals surface area contributed by atoms with Crippen molar-refractivity contribution in [2.45, 2.75) is 25.4 Å². The van der Waals surface area contributed by atoms with Crippen LogP contribution in [0.4, 0.5) is 0 Å². The maximum absolute atomic E-state index is 11.7. The second kappa shape index (κ2) is 4.81. The van der Waals surface area contributed by atoms with Crippen LogP contribution in [-0.2, 0) is 6.54 Å². The molecular weight excluding hydrogens is 248 g/mol. The standard InChI is InChI=1S/C11H14N6O2/c12-3-4-17-5-8(13-6-17)11-15-9(16-19-11)10(18)14-7-1-2-7/h5-7H,1-4,12H2,(H,14,18). The Morgan fingerprint density at radius 3 is 3.16 bits per heavy atom. The highest BCUT2D eigenvalue weighted by atomic mass is 16.5. The monoisotopic (exact) mass is 262 g/mol. The highest BCUT2D eigenvalue weighted by Gasteiger charge is 2.26. The minimum Gasteiger partial charge on any atom is -0.346 e. The van der Waals surface area contributed by atoms with E-state index in [2.05, 4.69) is 20.4 Å². The van der Waals surface area contributed by atoms with Crippen molar-refractivity contribution in [2.24, 2.45) is 5.73 Å². The van der Waals surface area contributed by atoms with Crippen molar-refractivity contribution >= 4 is 5.91 Å². The first-order chi connectivity index (χ1) is 9.26. The predicted octanol–water partition coefficient (Wildman–Crippen LogP) is -0.216. The number of carbonyl (C=O) groups is 1. The van der Waals surface area contributed by atoms with Crippen LogP contribution in [-0.4, -0.2) is 38.2 Å². The molecule has 0 radical (unpaired) electrons. The van der Waals surface area contributed by atoms with E-state index < -0.39 is 0 Å². The molecule has 0 aliphatic heterocycles. The molecule has 0 atom stereocenters. The first-order valence-corrected chi connectivity index (χ1v) is 6.13. The summed E-state index contributed by atoms with van der Waals surface area (Å²) in [5.41, 5.74) is 5.99. The molecule has 100 valence electrons. The molecule has 0 bridgehead atoms. The summed E-state index contributed by atoms with van der Waals surface area (Å²) in [6, 6.07) is 0.262. The molecule has 8 heteroatoms. The Hall–Kier alpha value is -2.22. The van der Waals surface area contributed by atoms with Crippen LogP contribution >= 0.6 is 0 Å². The molecule has 0 spiro atoms. The molecule has 1 saturated carbocycles. The zero-order valence-electron chi connectivity index (χ0n) is 10.2. The second-order valence-corrected chi connectivity index (χ2v) is 4.46. The van der Waals surface area contributed by atoms with Crippen molar-refractivity contribution in [1.29, 1.82) is 0 Å². The molecule has 0 aromatic carbocycles. The molecule has 2 aromatic heterocycles. The number of nitrogens with two attached hydrogens (primary N) is 1. The first kappa shape index (κ1) is 11.8. The van der Waals surface area contributed by atoms with Crippen LogP contribution in [0.25, 0.3) is 11.6 Å². The smallest absolute Gasteiger partial charge is 0.292 e. The summed E-state index contributed by atoms with van der Waals surface area (Å²) < 4.78 is 6.86. The molecule has 8 nitrogen and oxygen atoms in total. The fourth-order valence-electron chi connectivity index (χ4n) is 1.64. The van der Waals surface area contributed by atoms with Crippen molar-refractivity contribution < 1.29 is 9.32 Å². The Morgan fingerprint density at radius 1 is 1.58 bits per heavy atom. The van der Waals surface area contributed by atoms with E-state index in [1.54, 1.807) is 12.5 Å². The maximum Gasteiger partial charge on any atom is 0.292 e. The van der Waals surface area contributed by atoms with Gasteiger partial charge in [0.25, 0.3) is 17.6 Å². The Kier molecular flexibility index (Phi) is 3.00. The quantitative estimate of drug-likeness (QED) is 0.770. The molecular formula is C11H14N6O2. The van der Waals surface area contributed by atoms with Gasteiger partial charge in [-0.15, -0.1) is 0 Å². The third-order valence-corrected chi connectivity index (χ3v) is 2.78. The molecule has 1 amide bonds. The van der Waals surface area contributed by atoms with Crippen LogP contribution in [0.3, 0.4) is 0 Å². The molecule has 1 aliphatic carbocycles. The molecule has 3 N–H and O–H groups in total. The van der Waals surface area contributed by atoms with Gasteiger partial charge in [-0.05, 0) is 12.8 Å². The van der Waals surface area contributed by atoms with E-state index in [0.717, 1.165) is 12.8 Å². The van der Waals surface area contributed by atoms with Crippen LogP contribution in [0.1, 0.15) is 23.5 Å². The summed E-state index contributed by atoms with van der Waals surface area (Å²) in [4.78, 5) is 19.9. The predicted molar refractivity (Wildman–Crippen MR) is 65.1 cm³/mol. The summed E-state index contributed by atoms with van der Waals surface area (Å²) in [5.74, 6) is -0.0362. The lowest BCUT2D eigenvalue weighted by molar-refractivity contribution is 0.0937. The third-order valence-electron chi connectivity index (χ3n) is 2.78. The number of nitrogens with one attached hydrogen (secondary N) is 1. The Labute approximate surface area is 109 Å². The van der Waals surface area contributed by atoms with E-state index in [4.69, 9.17) is 10.3 Å². The van der Waals surface area contributed by atoms with Gasteiger partial charge in [-0.1, -0.05) is 5.16 Å². The van der Waals surface area contributed by atoms with E-state index in [1.807, 2.05) is 4.57 Å². The molecule has 2 aromatic rings. The molecule has 1 fully saturated rings. The van der Waals surface area contributed by atoms with Crippen molar-refractivity contribution in [3.63, 3.8) is 0 Å². The lowest BCUT2D eigenvalue weighted by Gasteiger charge is -1.95.